The zero-order chi connectivity index (χ0) is 10.7. The Labute approximate surface area is 90.0 Å². The van der Waals surface area contributed by atoms with Crippen molar-refractivity contribution in [2.24, 2.45) is 5.73 Å². The summed E-state index contributed by atoms with van der Waals surface area (Å²) in [4.78, 5) is 2.34. The third kappa shape index (κ3) is 2.59. The molecule has 2 N–H and O–H groups in total. The van der Waals surface area contributed by atoms with Gasteiger partial charge in [-0.1, -0.05) is 0 Å². The molecule has 0 saturated carbocycles. The molecule has 0 radical (unpaired) electrons. The molecule has 1 aliphatic heterocycles. The van der Waals surface area contributed by atoms with Crippen LogP contribution in [0.25, 0.3) is 0 Å². The van der Waals surface area contributed by atoms with Gasteiger partial charge in [0.2, 0.25) is 0 Å². The fraction of sp³-hybridized carbons (Fsp3) is 0.636. The zero-order valence-corrected chi connectivity index (χ0v) is 9.16. The van der Waals surface area contributed by atoms with Crippen LogP contribution in [0, 0.1) is 6.92 Å². The van der Waals surface area contributed by atoms with Gasteiger partial charge >= 0.3 is 0 Å². The average Bonchev–Trinajstić information content (AvgIpc) is 2.60. The largest absolute Gasteiger partial charge is 0.465 e. The number of nitrogens with zero attached hydrogens (tertiary/aromatic N) is 1. The third-order valence-electron chi connectivity index (χ3n) is 2.77. The molecule has 0 aliphatic carbocycles. The SMILES string of the molecule is Cc1oc(CN2CCOCC2)cc1CN. The summed E-state index contributed by atoms with van der Waals surface area (Å²) in [5, 5.41) is 0. The van der Waals surface area contributed by atoms with E-state index in [0.29, 0.717) is 6.54 Å². The van der Waals surface area contributed by atoms with E-state index in [0.717, 1.165) is 49.9 Å². The molecule has 2 heterocycles. The molecular formula is C11H18N2O2. The minimum Gasteiger partial charge on any atom is -0.465 e. The molecule has 2 rings (SSSR count). The van der Waals surface area contributed by atoms with Crippen molar-refractivity contribution in [3.8, 4) is 0 Å². The summed E-state index contributed by atoms with van der Waals surface area (Å²) in [5.74, 6) is 1.95. The molecule has 0 aromatic carbocycles. The maximum Gasteiger partial charge on any atom is 0.118 e. The van der Waals surface area contributed by atoms with Crippen LogP contribution in [0.1, 0.15) is 17.1 Å². The van der Waals surface area contributed by atoms with Gasteiger partial charge in [0.25, 0.3) is 0 Å². The number of morpholine rings is 1. The minimum absolute atomic E-state index is 0.554. The third-order valence-corrected chi connectivity index (χ3v) is 2.77. The summed E-state index contributed by atoms with van der Waals surface area (Å²) in [6.07, 6.45) is 0. The Morgan fingerprint density at radius 1 is 1.40 bits per heavy atom. The summed E-state index contributed by atoms with van der Waals surface area (Å²) in [7, 11) is 0. The standard InChI is InChI=1S/C11H18N2O2/c1-9-10(7-12)6-11(15-9)8-13-2-4-14-5-3-13/h6H,2-5,7-8,12H2,1H3. The lowest BCUT2D eigenvalue weighted by atomic mass is 10.2. The number of furan rings is 1. The first-order valence-electron chi connectivity index (χ1n) is 5.38. The van der Waals surface area contributed by atoms with Crippen molar-refractivity contribution >= 4 is 0 Å². The highest BCUT2D eigenvalue weighted by Crippen LogP contribution is 2.16. The molecule has 1 aromatic rings. The predicted octanol–water partition coefficient (Wildman–Crippen LogP) is 0.879. The molecule has 4 heteroatoms. The lowest BCUT2D eigenvalue weighted by Gasteiger charge is -2.25. The van der Waals surface area contributed by atoms with Gasteiger partial charge in [0, 0.05) is 25.2 Å². The van der Waals surface area contributed by atoms with Crippen molar-refractivity contribution in [2.45, 2.75) is 20.0 Å². The maximum absolute atomic E-state index is 5.65. The number of nitrogens with two attached hydrogens (primary N) is 1. The van der Waals surface area contributed by atoms with Crippen LogP contribution in [0.4, 0.5) is 0 Å². The van der Waals surface area contributed by atoms with E-state index in [1.54, 1.807) is 0 Å². The van der Waals surface area contributed by atoms with Crippen LogP contribution in [0.2, 0.25) is 0 Å². The van der Waals surface area contributed by atoms with Gasteiger partial charge in [0.1, 0.15) is 11.5 Å². The van der Waals surface area contributed by atoms with E-state index in [2.05, 4.69) is 11.0 Å². The van der Waals surface area contributed by atoms with E-state index in [-0.39, 0.29) is 0 Å². The van der Waals surface area contributed by atoms with Crippen LogP contribution in [0.5, 0.6) is 0 Å². The van der Waals surface area contributed by atoms with Crippen molar-refractivity contribution in [2.75, 3.05) is 26.3 Å². The van der Waals surface area contributed by atoms with Crippen LogP contribution in [-0.2, 0) is 17.8 Å². The second-order valence-corrected chi connectivity index (χ2v) is 3.89. The van der Waals surface area contributed by atoms with Crippen molar-refractivity contribution in [1.82, 2.24) is 4.90 Å². The molecular weight excluding hydrogens is 192 g/mol. The van der Waals surface area contributed by atoms with Gasteiger partial charge in [-0.2, -0.15) is 0 Å². The Hall–Kier alpha value is -0.840. The Morgan fingerprint density at radius 3 is 2.73 bits per heavy atom. The van der Waals surface area contributed by atoms with Gasteiger partial charge in [-0.15, -0.1) is 0 Å². The Kier molecular flexibility index (Phi) is 3.41. The molecule has 1 saturated heterocycles. The van der Waals surface area contributed by atoms with E-state index >= 15 is 0 Å². The number of aryl methyl sites for hydroxylation is 1. The quantitative estimate of drug-likeness (QED) is 0.804. The first-order valence-corrected chi connectivity index (χ1v) is 5.38. The van der Waals surface area contributed by atoms with Crippen molar-refractivity contribution in [1.29, 1.82) is 0 Å². The Morgan fingerprint density at radius 2 is 2.13 bits per heavy atom. The van der Waals surface area contributed by atoms with E-state index in [9.17, 15) is 0 Å². The first kappa shape index (κ1) is 10.7. The second-order valence-electron chi connectivity index (χ2n) is 3.89. The van der Waals surface area contributed by atoms with Gasteiger partial charge < -0.3 is 14.9 Å². The topological polar surface area (TPSA) is 51.6 Å². The minimum atomic E-state index is 0.554. The lowest BCUT2D eigenvalue weighted by Crippen LogP contribution is -2.35. The van der Waals surface area contributed by atoms with Crippen LogP contribution >= 0.6 is 0 Å². The van der Waals surface area contributed by atoms with Crippen LogP contribution in [0.15, 0.2) is 10.5 Å². The average molecular weight is 210 g/mol. The Bertz CT molecular complexity index is 316. The molecule has 1 fully saturated rings. The van der Waals surface area contributed by atoms with Gasteiger partial charge in [-0.3, -0.25) is 4.90 Å². The van der Waals surface area contributed by atoms with Crippen molar-refractivity contribution in [3.05, 3.63) is 23.2 Å². The van der Waals surface area contributed by atoms with E-state index in [1.807, 2.05) is 6.92 Å². The molecule has 0 bridgehead atoms. The Balaban J connectivity index is 1.97. The van der Waals surface area contributed by atoms with Crippen molar-refractivity contribution in [3.63, 3.8) is 0 Å². The summed E-state index contributed by atoms with van der Waals surface area (Å²) in [5.41, 5.74) is 6.71. The maximum atomic E-state index is 5.65. The van der Waals surface area contributed by atoms with Crippen LogP contribution in [-0.4, -0.2) is 31.2 Å². The summed E-state index contributed by atoms with van der Waals surface area (Å²) >= 11 is 0. The molecule has 0 spiro atoms. The summed E-state index contributed by atoms with van der Waals surface area (Å²) < 4.78 is 10.9. The number of rotatable bonds is 3. The molecule has 0 atom stereocenters. The fourth-order valence-electron chi connectivity index (χ4n) is 1.85. The monoisotopic (exact) mass is 210 g/mol. The molecule has 0 unspecified atom stereocenters. The molecule has 1 aromatic heterocycles. The smallest absolute Gasteiger partial charge is 0.118 e. The first-order chi connectivity index (χ1) is 7.29. The number of ether oxygens (including phenoxy) is 1. The molecule has 84 valence electrons. The van der Waals surface area contributed by atoms with Crippen molar-refractivity contribution < 1.29 is 9.15 Å². The van der Waals surface area contributed by atoms with Gasteiger partial charge in [0.05, 0.1) is 19.8 Å². The predicted molar refractivity (Wildman–Crippen MR) is 57.4 cm³/mol. The van der Waals surface area contributed by atoms with E-state index in [4.69, 9.17) is 14.9 Å². The van der Waals surface area contributed by atoms with E-state index in [1.165, 1.54) is 0 Å². The van der Waals surface area contributed by atoms with Gasteiger partial charge in [-0.25, -0.2) is 0 Å². The second kappa shape index (κ2) is 4.79. The summed E-state index contributed by atoms with van der Waals surface area (Å²) in [6.45, 7) is 7.00. The molecule has 4 nitrogen and oxygen atoms in total. The van der Waals surface area contributed by atoms with Gasteiger partial charge in [-0.05, 0) is 13.0 Å². The normalized spacial score (nSPS) is 18.3. The van der Waals surface area contributed by atoms with Crippen LogP contribution < -0.4 is 5.73 Å². The number of hydrogen-bond acceptors (Lipinski definition) is 4. The highest BCUT2D eigenvalue weighted by Gasteiger charge is 2.13. The van der Waals surface area contributed by atoms with E-state index < -0.39 is 0 Å². The highest BCUT2D eigenvalue weighted by molar-refractivity contribution is 5.20. The van der Waals surface area contributed by atoms with Gasteiger partial charge in [0.15, 0.2) is 0 Å². The molecule has 0 amide bonds. The number of hydrogen-bond donors (Lipinski definition) is 1. The zero-order valence-electron chi connectivity index (χ0n) is 9.16. The summed E-state index contributed by atoms with van der Waals surface area (Å²) in [6, 6.07) is 2.06. The fourth-order valence-corrected chi connectivity index (χ4v) is 1.85. The van der Waals surface area contributed by atoms with Crippen LogP contribution in [0.3, 0.4) is 0 Å². The lowest BCUT2D eigenvalue weighted by molar-refractivity contribution is 0.0312. The molecule has 15 heavy (non-hydrogen) atoms. The molecule has 1 aliphatic rings. The highest BCUT2D eigenvalue weighted by atomic mass is 16.5.